The number of nitrogens with zero attached hydrogens (tertiary/aromatic N) is 2. The van der Waals surface area contributed by atoms with E-state index in [1.54, 1.807) is 0 Å². The zero-order valence-electron chi connectivity index (χ0n) is 12.6. The highest BCUT2D eigenvalue weighted by molar-refractivity contribution is 5.76. The normalized spacial score (nSPS) is 11.9. The van der Waals surface area contributed by atoms with E-state index >= 15 is 0 Å². The summed E-state index contributed by atoms with van der Waals surface area (Å²) in [6, 6.07) is 0.216. The Hall–Kier alpha value is -1.85. The van der Waals surface area contributed by atoms with Crippen LogP contribution in [-0.2, 0) is 11.2 Å². The number of nitrogen functional groups attached to an aromatic ring is 1. The number of nitrogens with two attached hydrogens (primary N) is 1. The molecular weight excluding hydrogens is 254 g/mol. The van der Waals surface area contributed by atoms with Crippen molar-refractivity contribution in [3.05, 3.63) is 11.9 Å². The molecule has 1 aromatic rings. The standard InChI is InChI=1S/C14H25N5O/c1-4-6-11-13(15)17-9-18-14(11)16-8-7-12(20)19-10(3)5-2/h9-10H,4-8H2,1-3H3,(H,19,20)(H3,15,16,17,18). The Kier molecular flexibility index (Phi) is 6.76. The van der Waals surface area contributed by atoms with Gasteiger partial charge in [-0.2, -0.15) is 0 Å². The van der Waals surface area contributed by atoms with Crippen LogP contribution < -0.4 is 16.4 Å². The van der Waals surface area contributed by atoms with Crippen LogP contribution in [0.15, 0.2) is 6.33 Å². The Morgan fingerprint density at radius 2 is 2.15 bits per heavy atom. The fourth-order valence-corrected chi connectivity index (χ4v) is 1.82. The summed E-state index contributed by atoms with van der Waals surface area (Å²) in [5.74, 6) is 1.29. The molecule has 0 radical (unpaired) electrons. The van der Waals surface area contributed by atoms with E-state index in [0.717, 1.165) is 30.6 Å². The summed E-state index contributed by atoms with van der Waals surface area (Å²) < 4.78 is 0. The van der Waals surface area contributed by atoms with Gasteiger partial charge in [0.15, 0.2) is 0 Å². The first-order chi connectivity index (χ1) is 9.58. The lowest BCUT2D eigenvalue weighted by molar-refractivity contribution is -0.121. The minimum atomic E-state index is 0.0471. The molecule has 0 saturated heterocycles. The van der Waals surface area contributed by atoms with Crippen LogP contribution in [0.5, 0.6) is 0 Å². The molecule has 0 bridgehead atoms. The van der Waals surface area contributed by atoms with Gasteiger partial charge in [0.05, 0.1) is 0 Å². The summed E-state index contributed by atoms with van der Waals surface area (Å²) in [5, 5.41) is 6.10. The van der Waals surface area contributed by atoms with Gasteiger partial charge in [0, 0.05) is 24.6 Å². The van der Waals surface area contributed by atoms with Gasteiger partial charge in [0.25, 0.3) is 0 Å². The number of carbonyl (C=O) groups excluding carboxylic acids is 1. The number of amides is 1. The van der Waals surface area contributed by atoms with Crippen molar-refractivity contribution in [2.24, 2.45) is 0 Å². The summed E-state index contributed by atoms with van der Waals surface area (Å²) in [5.41, 5.74) is 6.78. The van der Waals surface area contributed by atoms with Crippen molar-refractivity contribution in [2.75, 3.05) is 17.6 Å². The summed E-state index contributed by atoms with van der Waals surface area (Å²) >= 11 is 0. The molecule has 1 rings (SSSR count). The monoisotopic (exact) mass is 279 g/mol. The summed E-state index contributed by atoms with van der Waals surface area (Å²) in [4.78, 5) is 19.9. The van der Waals surface area contributed by atoms with Gasteiger partial charge in [-0.1, -0.05) is 20.3 Å². The molecule has 0 aliphatic heterocycles. The number of anilines is 2. The molecule has 1 aromatic heterocycles. The van der Waals surface area contributed by atoms with Crippen LogP contribution in [-0.4, -0.2) is 28.5 Å². The van der Waals surface area contributed by atoms with Crippen LogP contribution in [0.4, 0.5) is 11.6 Å². The SMILES string of the molecule is CCCc1c(N)ncnc1NCCC(=O)NC(C)CC. The topological polar surface area (TPSA) is 92.9 Å². The predicted octanol–water partition coefficient (Wildman–Crippen LogP) is 1.73. The van der Waals surface area contributed by atoms with Gasteiger partial charge in [0.2, 0.25) is 5.91 Å². The Balaban J connectivity index is 2.49. The lowest BCUT2D eigenvalue weighted by Gasteiger charge is -2.13. The van der Waals surface area contributed by atoms with Crippen LogP contribution in [0.3, 0.4) is 0 Å². The number of hydrogen-bond acceptors (Lipinski definition) is 5. The maximum Gasteiger partial charge on any atom is 0.221 e. The Labute approximate surface area is 120 Å². The average Bonchev–Trinajstić information content (AvgIpc) is 2.42. The maximum atomic E-state index is 11.7. The molecule has 0 saturated carbocycles. The fraction of sp³-hybridized carbons (Fsp3) is 0.643. The van der Waals surface area contributed by atoms with Crippen LogP contribution in [0.1, 0.15) is 45.6 Å². The predicted molar refractivity (Wildman–Crippen MR) is 81.4 cm³/mol. The third kappa shape index (κ3) is 5.03. The van der Waals surface area contributed by atoms with E-state index in [0.29, 0.717) is 18.8 Å². The van der Waals surface area contributed by atoms with Gasteiger partial charge in [-0.15, -0.1) is 0 Å². The highest BCUT2D eigenvalue weighted by Gasteiger charge is 2.09. The molecule has 0 aromatic carbocycles. The lowest BCUT2D eigenvalue weighted by Crippen LogP contribution is -2.33. The minimum absolute atomic E-state index is 0.0471. The zero-order valence-corrected chi connectivity index (χ0v) is 12.6. The molecular formula is C14H25N5O. The molecule has 6 nitrogen and oxygen atoms in total. The van der Waals surface area contributed by atoms with Crippen LogP contribution in [0, 0.1) is 0 Å². The van der Waals surface area contributed by atoms with Crippen molar-refractivity contribution in [1.82, 2.24) is 15.3 Å². The molecule has 20 heavy (non-hydrogen) atoms. The van der Waals surface area contributed by atoms with Crippen molar-refractivity contribution in [1.29, 1.82) is 0 Å². The largest absolute Gasteiger partial charge is 0.383 e. The van der Waals surface area contributed by atoms with E-state index in [9.17, 15) is 4.79 Å². The molecule has 0 fully saturated rings. The van der Waals surface area contributed by atoms with E-state index in [1.807, 2.05) is 13.8 Å². The van der Waals surface area contributed by atoms with E-state index in [1.165, 1.54) is 6.33 Å². The van der Waals surface area contributed by atoms with Gasteiger partial charge in [-0.05, 0) is 19.8 Å². The molecule has 1 amide bonds. The van der Waals surface area contributed by atoms with Gasteiger partial charge in [-0.25, -0.2) is 9.97 Å². The molecule has 1 heterocycles. The first-order valence-electron chi connectivity index (χ1n) is 7.21. The first kappa shape index (κ1) is 16.2. The third-order valence-electron chi connectivity index (χ3n) is 3.14. The third-order valence-corrected chi connectivity index (χ3v) is 3.14. The maximum absolute atomic E-state index is 11.7. The molecule has 0 spiro atoms. The summed E-state index contributed by atoms with van der Waals surface area (Å²) in [6.45, 7) is 6.66. The zero-order chi connectivity index (χ0) is 15.0. The van der Waals surface area contributed by atoms with E-state index in [-0.39, 0.29) is 11.9 Å². The molecule has 0 aliphatic carbocycles. The van der Waals surface area contributed by atoms with Gasteiger partial charge in [0.1, 0.15) is 18.0 Å². The van der Waals surface area contributed by atoms with Crippen LogP contribution in [0.25, 0.3) is 0 Å². The Bertz CT molecular complexity index is 436. The van der Waals surface area contributed by atoms with E-state index in [2.05, 4.69) is 27.5 Å². The van der Waals surface area contributed by atoms with E-state index in [4.69, 9.17) is 5.73 Å². The molecule has 1 atom stereocenters. The van der Waals surface area contributed by atoms with Crippen molar-refractivity contribution < 1.29 is 4.79 Å². The number of rotatable bonds is 8. The molecule has 4 N–H and O–H groups in total. The highest BCUT2D eigenvalue weighted by atomic mass is 16.1. The Morgan fingerprint density at radius 3 is 2.80 bits per heavy atom. The molecule has 112 valence electrons. The number of aromatic nitrogens is 2. The fourth-order valence-electron chi connectivity index (χ4n) is 1.82. The lowest BCUT2D eigenvalue weighted by atomic mass is 10.1. The van der Waals surface area contributed by atoms with Crippen molar-refractivity contribution in [2.45, 2.75) is 52.5 Å². The Morgan fingerprint density at radius 1 is 1.40 bits per heavy atom. The first-order valence-corrected chi connectivity index (χ1v) is 7.21. The number of nitrogens with one attached hydrogen (secondary N) is 2. The van der Waals surface area contributed by atoms with E-state index < -0.39 is 0 Å². The van der Waals surface area contributed by atoms with Crippen molar-refractivity contribution in [3.63, 3.8) is 0 Å². The van der Waals surface area contributed by atoms with Crippen LogP contribution >= 0.6 is 0 Å². The van der Waals surface area contributed by atoms with Crippen LogP contribution in [0.2, 0.25) is 0 Å². The second kappa shape index (κ2) is 8.35. The van der Waals surface area contributed by atoms with Gasteiger partial charge in [-0.3, -0.25) is 4.79 Å². The molecule has 6 heteroatoms. The highest BCUT2D eigenvalue weighted by Crippen LogP contribution is 2.18. The van der Waals surface area contributed by atoms with Gasteiger partial charge < -0.3 is 16.4 Å². The second-order valence-corrected chi connectivity index (χ2v) is 4.89. The average molecular weight is 279 g/mol. The molecule has 1 unspecified atom stereocenters. The van der Waals surface area contributed by atoms with Crippen molar-refractivity contribution >= 4 is 17.5 Å². The number of hydrogen-bond donors (Lipinski definition) is 3. The quantitative estimate of drug-likeness (QED) is 0.674. The second-order valence-electron chi connectivity index (χ2n) is 4.89. The molecule has 0 aliphatic rings. The van der Waals surface area contributed by atoms with Crippen molar-refractivity contribution in [3.8, 4) is 0 Å². The smallest absolute Gasteiger partial charge is 0.221 e. The summed E-state index contributed by atoms with van der Waals surface area (Å²) in [7, 11) is 0. The summed E-state index contributed by atoms with van der Waals surface area (Å²) in [6.07, 6.45) is 4.59. The van der Waals surface area contributed by atoms with Gasteiger partial charge >= 0.3 is 0 Å². The minimum Gasteiger partial charge on any atom is -0.383 e. The number of carbonyl (C=O) groups is 1.